The first-order valence-corrected chi connectivity index (χ1v) is 12.7. The van der Waals surface area contributed by atoms with Crippen LogP contribution in [0.2, 0.25) is 0 Å². The zero-order valence-corrected chi connectivity index (χ0v) is 21.5. The van der Waals surface area contributed by atoms with Crippen LogP contribution in [0.25, 0.3) is 0 Å². The lowest BCUT2D eigenvalue weighted by Crippen LogP contribution is -2.47. The van der Waals surface area contributed by atoms with Gasteiger partial charge in [0.2, 0.25) is 0 Å². The van der Waals surface area contributed by atoms with E-state index < -0.39 is 5.54 Å². The number of cyclic esters (lactones) is 1. The Hall–Kier alpha value is -2.17. The lowest BCUT2D eigenvalue weighted by atomic mass is 10.0. The summed E-state index contributed by atoms with van der Waals surface area (Å²) in [6, 6.07) is 5.30. The van der Waals surface area contributed by atoms with Gasteiger partial charge in [-0.3, -0.25) is 19.4 Å². The zero-order valence-electron chi connectivity index (χ0n) is 19.8. The van der Waals surface area contributed by atoms with Crippen LogP contribution in [0.15, 0.2) is 18.2 Å². The van der Waals surface area contributed by atoms with Crippen molar-refractivity contribution >= 4 is 52.8 Å². The third-order valence-electron chi connectivity index (χ3n) is 7.00. The molecule has 0 atom stereocenters. The number of amides is 2. The first-order chi connectivity index (χ1) is 16.2. The molecule has 0 aromatic heterocycles. The van der Waals surface area contributed by atoms with Gasteiger partial charge in [-0.25, -0.2) is 4.79 Å². The predicted molar refractivity (Wildman–Crippen MR) is 137 cm³/mol. The Morgan fingerprint density at radius 1 is 1.06 bits per heavy atom. The quantitative estimate of drug-likeness (QED) is 0.252. The van der Waals surface area contributed by atoms with E-state index in [1.807, 2.05) is 24.8 Å². The number of hydrogen-bond acceptors (Lipinski definition) is 6. The van der Waals surface area contributed by atoms with Gasteiger partial charge in [0.25, 0.3) is 11.1 Å². The Balaban J connectivity index is 1.25. The molecule has 1 aromatic rings. The van der Waals surface area contributed by atoms with E-state index in [1.54, 1.807) is 21.9 Å². The molecule has 1 aromatic carbocycles. The minimum absolute atomic E-state index is 0.0541. The van der Waals surface area contributed by atoms with Crippen LogP contribution in [-0.4, -0.2) is 81.7 Å². The number of hydrogen-bond donors (Lipinski definition) is 1. The number of unbranched alkanes of at least 4 members (excludes halogenated alkanes) is 3. The van der Waals surface area contributed by atoms with Gasteiger partial charge in [-0.2, -0.15) is 0 Å². The van der Waals surface area contributed by atoms with Crippen LogP contribution in [0.3, 0.4) is 0 Å². The van der Waals surface area contributed by atoms with Gasteiger partial charge in [0.15, 0.2) is 5.11 Å². The number of anilines is 1. The van der Waals surface area contributed by atoms with Crippen molar-refractivity contribution in [3.8, 4) is 0 Å². The number of esters is 1. The minimum Gasteiger partial charge on any atom is -0.457 e. The Labute approximate surface area is 211 Å². The molecule has 34 heavy (non-hydrogen) atoms. The summed E-state index contributed by atoms with van der Waals surface area (Å²) in [6.45, 7) is 9.14. The molecule has 10 heteroatoms. The second-order valence-electron chi connectivity index (χ2n) is 9.58. The van der Waals surface area contributed by atoms with Crippen LogP contribution >= 0.6 is 24.8 Å². The van der Waals surface area contributed by atoms with Crippen LogP contribution in [0.1, 0.15) is 55.5 Å². The Kier molecular flexibility index (Phi) is 7.49. The number of thiocarbonyl (C=S) groups is 1. The van der Waals surface area contributed by atoms with E-state index in [-0.39, 0.29) is 23.7 Å². The van der Waals surface area contributed by atoms with Crippen LogP contribution in [0, 0.1) is 0 Å². The summed E-state index contributed by atoms with van der Waals surface area (Å²) >= 11 is 9.63. The summed E-state index contributed by atoms with van der Waals surface area (Å²) in [7, 11) is 0. The van der Waals surface area contributed by atoms with Gasteiger partial charge in [0.05, 0.1) is 11.3 Å². The normalized spacial score (nSPS) is 20.2. The fraction of sp³-hybridized carbons (Fsp3) is 0.583. The monoisotopic (exact) mass is 504 g/mol. The van der Waals surface area contributed by atoms with Gasteiger partial charge in [-0.1, -0.05) is 25.5 Å². The average molecular weight is 505 g/mol. The standard InChI is InChI=1S/C24H32N4O4S2/c1-24(2)21(30)28(18-7-8-19-17(15-18)16-32-20(19)29)22(33)27(24)10-6-4-3-5-9-25-11-13-26(14-12-25)23(31)34/h7-8,15H,3-6,9-14,16H2,1-2H3,(H,31,34). The molecule has 4 rings (SSSR count). The van der Waals surface area contributed by atoms with Crippen molar-refractivity contribution in [2.75, 3.05) is 44.2 Å². The molecule has 2 saturated heterocycles. The zero-order chi connectivity index (χ0) is 24.5. The number of benzene rings is 1. The van der Waals surface area contributed by atoms with Crippen molar-refractivity contribution in [3.63, 3.8) is 0 Å². The van der Waals surface area contributed by atoms with Crippen molar-refractivity contribution in [1.29, 1.82) is 0 Å². The van der Waals surface area contributed by atoms with Gasteiger partial charge >= 0.3 is 5.97 Å². The predicted octanol–water partition coefficient (Wildman–Crippen LogP) is 3.30. The number of thiol groups is 1. The molecule has 184 valence electrons. The number of ether oxygens (including phenoxy) is 1. The number of nitrogens with zero attached hydrogens (tertiary/aromatic N) is 4. The molecule has 2 amide bonds. The van der Waals surface area contributed by atoms with Gasteiger partial charge in [0, 0.05) is 38.3 Å². The number of rotatable bonds is 8. The van der Waals surface area contributed by atoms with E-state index in [9.17, 15) is 14.4 Å². The van der Waals surface area contributed by atoms with E-state index in [0.29, 0.717) is 16.4 Å². The highest BCUT2D eigenvalue weighted by Gasteiger charge is 2.49. The third kappa shape index (κ3) is 4.94. The number of carbonyl (C=O) groups excluding carboxylic acids is 3. The highest BCUT2D eigenvalue weighted by atomic mass is 32.1. The lowest BCUT2D eigenvalue weighted by Gasteiger charge is -2.33. The Bertz CT molecular complexity index is 991. The van der Waals surface area contributed by atoms with Gasteiger partial charge in [0.1, 0.15) is 12.1 Å². The van der Waals surface area contributed by atoms with Gasteiger partial charge in [-0.15, -0.1) is 0 Å². The molecule has 0 N–H and O–H groups in total. The SMILES string of the molecule is CC1(C)C(=O)N(c2ccc3c(c2)COC3=O)C(=S)N1CCCCCCN1CCN(C(=O)S)CC1. The molecule has 3 aliphatic heterocycles. The van der Waals surface area contributed by atoms with E-state index >= 15 is 0 Å². The van der Waals surface area contributed by atoms with E-state index in [2.05, 4.69) is 17.5 Å². The first-order valence-electron chi connectivity index (χ1n) is 11.9. The van der Waals surface area contributed by atoms with Crippen molar-refractivity contribution in [1.82, 2.24) is 14.7 Å². The summed E-state index contributed by atoms with van der Waals surface area (Å²) in [5, 5.41) is 0.372. The number of carbonyl (C=O) groups is 3. The van der Waals surface area contributed by atoms with Gasteiger partial charge in [-0.05, 0) is 63.7 Å². The molecular formula is C24H32N4O4S2. The second-order valence-corrected chi connectivity index (χ2v) is 10.3. The topological polar surface area (TPSA) is 73.4 Å². The van der Waals surface area contributed by atoms with Crippen LogP contribution in [0.4, 0.5) is 10.5 Å². The van der Waals surface area contributed by atoms with Crippen molar-refractivity contribution in [2.24, 2.45) is 0 Å². The van der Waals surface area contributed by atoms with E-state index in [4.69, 9.17) is 17.0 Å². The highest BCUT2D eigenvalue weighted by Crippen LogP contribution is 2.34. The largest absolute Gasteiger partial charge is 0.457 e. The molecule has 3 heterocycles. The number of fused-ring (bicyclic) bond motifs is 1. The summed E-state index contributed by atoms with van der Waals surface area (Å²) in [6.07, 6.45) is 4.25. The van der Waals surface area contributed by atoms with Crippen LogP contribution < -0.4 is 4.90 Å². The average Bonchev–Trinajstić information content (AvgIpc) is 3.25. The maximum absolute atomic E-state index is 13.3. The molecule has 0 saturated carbocycles. The summed E-state index contributed by atoms with van der Waals surface area (Å²) < 4.78 is 5.09. The highest BCUT2D eigenvalue weighted by molar-refractivity contribution is 7.96. The molecule has 0 aliphatic carbocycles. The lowest BCUT2D eigenvalue weighted by molar-refractivity contribution is -0.123. The minimum atomic E-state index is -0.716. The van der Waals surface area contributed by atoms with Crippen molar-refractivity contribution in [3.05, 3.63) is 29.3 Å². The third-order valence-corrected chi connectivity index (χ3v) is 7.68. The van der Waals surface area contributed by atoms with E-state index in [1.165, 1.54) is 0 Å². The molecule has 0 unspecified atom stereocenters. The molecule has 0 bridgehead atoms. The molecule has 0 spiro atoms. The summed E-state index contributed by atoms with van der Waals surface area (Å²) in [4.78, 5) is 44.1. The fourth-order valence-electron chi connectivity index (χ4n) is 4.82. The molecule has 3 aliphatic rings. The first kappa shape index (κ1) is 24.9. The summed E-state index contributed by atoms with van der Waals surface area (Å²) in [5.74, 6) is -0.379. The molecule has 2 fully saturated rings. The van der Waals surface area contributed by atoms with E-state index in [0.717, 1.165) is 70.5 Å². The van der Waals surface area contributed by atoms with Gasteiger partial charge < -0.3 is 14.5 Å². The number of piperazine rings is 1. The Morgan fingerprint density at radius 3 is 2.41 bits per heavy atom. The molecule has 0 radical (unpaired) electrons. The molecule has 8 nitrogen and oxygen atoms in total. The maximum atomic E-state index is 13.3. The maximum Gasteiger partial charge on any atom is 0.338 e. The van der Waals surface area contributed by atoms with Crippen LogP contribution in [0.5, 0.6) is 0 Å². The van der Waals surface area contributed by atoms with Crippen molar-refractivity contribution < 1.29 is 19.1 Å². The Morgan fingerprint density at radius 2 is 1.74 bits per heavy atom. The smallest absolute Gasteiger partial charge is 0.338 e. The van der Waals surface area contributed by atoms with Crippen molar-refractivity contribution in [2.45, 2.75) is 51.7 Å². The fourth-order valence-corrected chi connectivity index (χ4v) is 5.53. The second kappa shape index (κ2) is 10.2. The molecular weight excluding hydrogens is 472 g/mol. The van der Waals surface area contributed by atoms with Crippen LogP contribution in [-0.2, 0) is 16.1 Å². The summed E-state index contributed by atoms with van der Waals surface area (Å²) in [5.41, 5.74) is 1.30.